The number of aromatic nitrogens is 4. The number of carbonyl (C=O) groups excluding carboxylic acids is 1. The summed E-state index contributed by atoms with van der Waals surface area (Å²) in [6, 6.07) is 5.46. The molecule has 0 radical (unpaired) electrons. The van der Waals surface area contributed by atoms with Gasteiger partial charge < -0.3 is 9.32 Å². The fourth-order valence-electron chi connectivity index (χ4n) is 3.21. The molecule has 0 aliphatic carbocycles. The lowest BCUT2D eigenvalue weighted by molar-refractivity contribution is 0.0596. The minimum absolute atomic E-state index is 0.0438. The van der Waals surface area contributed by atoms with Crippen LogP contribution < -0.4 is 0 Å². The van der Waals surface area contributed by atoms with Gasteiger partial charge in [0.1, 0.15) is 5.76 Å². The number of carbonyl (C=O) groups is 1. The highest BCUT2D eigenvalue weighted by Gasteiger charge is 2.24. The highest BCUT2D eigenvalue weighted by molar-refractivity contribution is 5.91. The van der Waals surface area contributed by atoms with Crippen LogP contribution in [0.1, 0.15) is 21.9 Å². The minimum Gasteiger partial charge on any atom is -0.454 e. The summed E-state index contributed by atoms with van der Waals surface area (Å²) < 4.78 is 9.30. The van der Waals surface area contributed by atoms with Crippen LogP contribution in [0.5, 0.6) is 0 Å². The molecule has 8 nitrogen and oxygen atoms in total. The summed E-state index contributed by atoms with van der Waals surface area (Å²) in [6.07, 6.45) is 7.51. The molecule has 0 spiro atoms. The van der Waals surface area contributed by atoms with Crippen molar-refractivity contribution < 1.29 is 9.21 Å². The number of piperazine rings is 1. The lowest BCUT2D eigenvalue weighted by atomic mass is 10.2. The van der Waals surface area contributed by atoms with Gasteiger partial charge in [0, 0.05) is 63.9 Å². The van der Waals surface area contributed by atoms with Crippen LogP contribution in [0.25, 0.3) is 0 Å². The standard InChI is InChI=1S/C18H22N6O2/c1-21-12-15(11-20-21)13-22-7-9-23(10-8-22)18(25)17-4-3-16(26-17)14-24-6-2-5-19-24/h2-6,11-12H,7-10,13-14H2,1H3. The van der Waals surface area contributed by atoms with E-state index < -0.39 is 0 Å². The van der Waals surface area contributed by atoms with Gasteiger partial charge >= 0.3 is 0 Å². The lowest BCUT2D eigenvalue weighted by Crippen LogP contribution is -2.48. The Morgan fingerprint density at radius 1 is 1.15 bits per heavy atom. The molecule has 8 heteroatoms. The van der Waals surface area contributed by atoms with Gasteiger partial charge in [-0.2, -0.15) is 10.2 Å². The van der Waals surface area contributed by atoms with E-state index in [1.807, 2.05) is 47.4 Å². The molecule has 1 aliphatic rings. The van der Waals surface area contributed by atoms with E-state index in [2.05, 4.69) is 15.1 Å². The second kappa shape index (κ2) is 7.17. The molecule has 0 saturated carbocycles. The monoisotopic (exact) mass is 354 g/mol. The second-order valence-electron chi connectivity index (χ2n) is 6.56. The Morgan fingerprint density at radius 3 is 2.69 bits per heavy atom. The largest absolute Gasteiger partial charge is 0.454 e. The van der Waals surface area contributed by atoms with Crippen molar-refractivity contribution in [1.82, 2.24) is 29.4 Å². The summed E-state index contributed by atoms with van der Waals surface area (Å²) in [5.41, 5.74) is 1.20. The Balaban J connectivity index is 1.31. The van der Waals surface area contributed by atoms with Crippen LogP contribution in [-0.2, 0) is 20.1 Å². The highest BCUT2D eigenvalue weighted by Crippen LogP contribution is 2.14. The SMILES string of the molecule is Cn1cc(CN2CCN(C(=O)c3ccc(Cn4cccn4)o3)CC2)cn1. The van der Waals surface area contributed by atoms with E-state index in [0.717, 1.165) is 25.4 Å². The van der Waals surface area contributed by atoms with Gasteiger partial charge in [-0.3, -0.25) is 19.1 Å². The van der Waals surface area contributed by atoms with Gasteiger partial charge in [-0.1, -0.05) is 0 Å². The summed E-state index contributed by atoms with van der Waals surface area (Å²) in [5.74, 6) is 1.08. The molecule has 0 atom stereocenters. The second-order valence-corrected chi connectivity index (χ2v) is 6.56. The highest BCUT2D eigenvalue weighted by atomic mass is 16.4. The molecule has 1 amide bonds. The zero-order chi connectivity index (χ0) is 17.9. The molecule has 1 fully saturated rings. The number of amides is 1. The predicted octanol–water partition coefficient (Wildman–Crippen LogP) is 1.22. The van der Waals surface area contributed by atoms with E-state index in [1.54, 1.807) is 16.9 Å². The molecule has 0 N–H and O–H groups in total. The van der Waals surface area contributed by atoms with Gasteiger partial charge in [-0.05, 0) is 18.2 Å². The van der Waals surface area contributed by atoms with Gasteiger partial charge in [-0.25, -0.2) is 0 Å². The summed E-state index contributed by atoms with van der Waals surface area (Å²) >= 11 is 0. The first kappa shape index (κ1) is 16.6. The Hall–Kier alpha value is -2.87. The van der Waals surface area contributed by atoms with Gasteiger partial charge in [-0.15, -0.1) is 0 Å². The number of hydrogen-bond donors (Lipinski definition) is 0. The van der Waals surface area contributed by atoms with Crippen LogP contribution >= 0.6 is 0 Å². The Labute approximate surface area is 151 Å². The van der Waals surface area contributed by atoms with E-state index in [1.165, 1.54) is 5.56 Å². The van der Waals surface area contributed by atoms with Crippen molar-refractivity contribution in [3.05, 3.63) is 60.1 Å². The lowest BCUT2D eigenvalue weighted by Gasteiger charge is -2.34. The fourth-order valence-corrected chi connectivity index (χ4v) is 3.21. The quantitative estimate of drug-likeness (QED) is 0.689. The maximum absolute atomic E-state index is 12.7. The molecule has 1 aliphatic heterocycles. The smallest absolute Gasteiger partial charge is 0.289 e. The Morgan fingerprint density at radius 2 is 2.00 bits per heavy atom. The van der Waals surface area contributed by atoms with Gasteiger partial charge in [0.25, 0.3) is 5.91 Å². The van der Waals surface area contributed by atoms with E-state index in [-0.39, 0.29) is 5.91 Å². The molecular formula is C18H22N6O2. The van der Waals surface area contributed by atoms with Crippen LogP contribution in [0.4, 0.5) is 0 Å². The third-order valence-corrected chi connectivity index (χ3v) is 4.57. The van der Waals surface area contributed by atoms with Crippen molar-refractivity contribution in [2.45, 2.75) is 13.1 Å². The number of hydrogen-bond acceptors (Lipinski definition) is 5. The summed E-state index contributed by atoms with van der Waals surface area (Å²) in [7, 11) is 1.92. The Kier molecular flexibility index (Phi) is 4.57. The molecule has 4 heterocycles. The predicted molar refractivity (Wildman–Crippen MR) is 94.4 cm³/mol. The average molecular weight is 354 g/mol. The zero-order valence-electron chi connectivity index (χ0n) is 14.8. The van der Waals surface area contributed by atoms with Crippen molar-refractivity contribution in [3.8, 4) is 0 Å². The van der Waals surface area contributed by atoms with E-state index in [0.29, 0.717) is 25.4 Å². The number of nitrogens with zero attached hydrogens (tertiary/aromatic N) is 6. The van der Waals surface area contributed by atoms with Crippen molar-refractivity contribution in [2.24, 2.45) is 7.05 Å². The van der Waals surface area contributed by atoms with Crippen LogP contribution in [0.15, 0.2) is 47.4 Å². The van der Waals surface area contributed by atoms with Crippen LogP contribution in [-0.4, -0.2) is 61.4 Å². The van der Waals surface area contributed by atoms with Crippen molar-refractivity contribution >= 4 is 5.91 Å². The molecule has 1 saturated heterocycles. The van der Waals surface area contributed by atoms with Crippen molar-refractivity contribution in [1.29, 1.82) is 0 Å². The fraction of sp³-hybridized carbons (Fsp3) is 0.389. The molecule has 4 rings (SSSR count). The van der Waals surface area contributed by atoms with Crippen molar-refractivity contribution in [2.75, 3.05) is 26.2 Å². The van der Waals surface area contributed by atoms with Crippen LogP contribution in [0.2, 0.25) is 0 Å². The average Bonchev–Trinajstić information content (AvgIpc) is 3.39. The van der Waals surface area contributed by atoms with E-state index in [4.69, 9.17) is 4.42 Å². The molecule has 0 aromatic carbocycles. The molecule has 136 valence electrons. The molecule has 0 unspecified atom stereocenters. The summed E-state index contributed by atoms with van der Waals surface area (Å²) in [6.45, 7) is 4.50. The third-order valence-electron chi connectivity index (χ3n) is 4.57. The molecule has 0 bridgehead atoms. The van der Waals surface area contributed by atoms with Crippen LogP contribution in [0, 0.1) is 0 Å². The zero-order valence-corrected chi connectivity index (χ0v) is 14.8. The molecule has 3 aromatic heterocycles. The maximum Gasteiger partial charge on any atom is 0.289 e. The topological polar surface area (TPSA) is 72.3 Å². The van der Waals surface area contributed by atoms with Gasteiger partial charge in [0.15, 0.2) is 5.76 Å². The normalized spacial score (nSPS) is 15.5. The first-order valence-electron chi connectivity index (χ1n) is 8.73. The third kappa shape index (κ3) is 3.70. The first-order chi connectivity index (χ1) is 12.7. The van der Waals surface area contributed by atoms with Gasteiger partial charge in [0.05, 0.1) is 12.7 Å². The number of aryl methyl sites for hydroxylation is 1. The van der Waals surface area contributed by atoms with Gasteiger partial charge in [0.2, 0.25) is 0 Å². The minimum atomic E-state index is -0.0438. The summed E-state index contributed by atoms with van der Waals surface area (Å²) in [4.78, 5) is 16.9. The van der Waals surface area contributed by atoms with E-state index >= 15 is 0 Å². The van der Waals surface area contributed by atoms with E-state index in [9.17, 15) is 4.79 Å². The molecule has 3 aromatic rings. The number of furan rings is 1. The number of rotatable bonds is 5. The summed E-state index contributed by atoms with van der Waals surface area (Å²) in [5, 5.41) is 8.35. The van der Waals surface area contributed by atoms with Crippen molar-refractivity contribution in [3.63, 3.8) is 0 Å². The molecule has 26 heavy (non-hydrogen) atoms. The maximum atomic E-state index is 12.7. The Bertz CT molecular complexity index is 858. The molecular weight excluding hydrogens is 332 g/mol. The van der Waals surface area contributed by atoms with Crippen LogP contribution in [0.3, 0.4) is 0 Å². The first-order valence-corrected chi connectivity index (χ1v) is 8.73.